The summed E-state index contributed by atoms with van der Waals surface area (Å²) in [5.41, 5.74) is 10.8. The second-order valence-corrected chi connectivity index (χ2v) is 26.0. The maximum atomic E-state index is 13.1. The Bertz CT molecular complexity index is 4770. The minimum absolute atomic E-state index is 0.0311. The minimum atomic E-state index is -4.84. The highest BCUT2D eigenvalue weighted by Gasteiger charge is 2.33. The second kappa shape index (κ2) is 26.6. The molecular formula is C63H55F6N13O9S2. The molecule has 480 valence electrons. The molecule has 0 saturated carbocycles. The summed E-state index contributed by atoms with van der Waals surface area (Å²) in [6.07, 6.45) is -4.62. The lowest BCUT2D eigenvalue weighted by Crippen LogP contribution is -2.28. The maximum Gasteiger partial charge on any atom is 0.573 e. The number of hydrogen-bond donors (Lipinski definition) is 2. The van der Waals surface area contributed by atoms with Gasteiger partial charge in [-0.2, -0.15) is 15.5 Å². The van der Waals surface area contributed by atoms with Crippen LogP contribution in [0.2, 0.25) is 0 Å². The summed E-state index contributed by atoms with van der Waals surface area (Å²) in [4.78, 5) is 28.4. The Kier molecular flexibility index (Phi) is 19.4. The van der Waals surface area contributed by atoms with Crippen LogP contribution in [-0.2, 0) is 33.8 Å². The third-order valence-electron chi connectivity index (χ3n) is 13.5. The Balaban J connectivity index is 0.000000221. The number of halogens is 6. The average molecular weight is 1320 g/mol. The molecule has 0 aliphatic heterocycles. The Morgan fingerprint density at radius 1 is 0.581 bits per heavy atom. The van der Waals surface area contributed by atoms with Crippen LogP contribution in [-0.4, -0.2) is 120 Å². The van der Waals surface area contributed by atoms with Gasteiger partial charge in [-0.25, -0.2) is 37.6 Å². The van der Waals surface area contributed by atoms with Gasteiger partial charge in [-0.1, -0.05) is 59.0 Å². The third-order valence-corrected chi connectivity index (χ3v) is 15.7. The highest BCUT2D eigenvalue weighted by molar-refractivity contribution is 7.91. The fourth-order valence-electron chi connectivity index (χ4n) is 9.10. The number of carbonyl (C=O) groups excluding carboxylic acids is 1. The number of ether oxygens (including phenoxy) is 2. The van der Waals surface area contributed by atoms with Crippen LogP contribution in [0.3, 0.4) is 0 Å². The van der Waals surface area contributed by atoms with E-state index in [-0.39, 0.29) is 33.4 Å². The summed E-state index contributed by atoms with van der Waals surface area (Å²) in [6.45, 7) is 14.0. The lowest BCUT2D eigenvalue weighted by atomic mass is 9.97. The summed E-state index contributed by atoms with van der Waals surface area (Å²) in [5, 5.41) is 42.5. The van der Waals surface area contributed by atoms with E-state index in [4.69, 9.17) is 17.6 Å². The first-order chi connectivity index (χ1) is 43.4. The lowest BCUT2D eigenvalue weighted by Gasteiger charge is -2.15. The lowest BCUT2D eigenvalue weighted by molar-refractivity contribution is -0.275. The monoisotopic (exact) mass is 1320 g/mol. The van der Waals surface area contributed by atoms with Gasteiger partial charge in [-0.15, -0.1) is 36.5 Å². The van der Waals surface area contributed by atoms with Crippen molar-refractivity contribution in [1.82, 2.24) is 49.5 Å². The molecule has 6 aromatic carbocycles. The molecule has 30 heteroatoms. The number of rotatable bonds is 16. The number of carboxylic acid groups (broad SMARTS) is 1. The summed E-state index contributed by atoms with van der Waals surface area (Å²) >= 11 is 0. The molecule has 0 atom stereocenters. The molecule has 0 radical (unpaired) electrons. The molecular weight excluding hydrogens is 1260 g/mol. The Morgan fingerprint density at radius 3 is 1.29 bits per heavy atom. The summed E-state index contributed by atoms with van der Waals surface area (Å²) in [7, 11) is -3.73. The van der Waals surface area contributed by atoms with E-state index in [1.54, 1.807) is 115 Å². The van der Waals surface area contributed by atoms with Gasteiger partial charge in [0.1, 0.15) is 17.2 Å². The number of nitrogens with two attached hydrogens (primary N) is 1. The number of ketones is 1. The molecule has 10 aromatic rings. The molecule has 4 aromatic heterocycles. The predicted octanol–water partition coefficient (Wildman–Crippen LogP) is 11.8. The number of Topliss-reactive ketones (excluding diaryl/α,β-unsaturated/α-hetero) is 1. The number of aryl methyl sites for hydroxylation is 2. The van der Waals surface area contributed by atoms with Crippen molar-refractivity contribution < 1.29 is 67.3 Å². The first kappa shape index (κ1) is 68.1. The van der Waals surface area contributed by atoms with Crippen LogP contribution in [0.5, 0.6) is 11.5 Å². The zero-order valence-electron chi connectivity index (χ0n) is 50.5. The maximum absolute atomic E-state index is 13.1. The second-order valence-electron chi connectivity index (χ2n) is 22.0. The smallest absolute Gasteiger partial charge is 0.476 e. The number of hydrogen-bond acceptors (Lipinski definition) is 16. The van der Waals surface area contributed by atoms with Crippen LogP contribution in [0.1, 0.15) is 55.1 Å². The molecule has 0 aliphatic carbocycles. The van der Waals surface area contributed by atoms with Crippen molar-refractivity contribution in [2.24, 2.45) is 19.8 Å². The molecule has 0 spiro atoms. The van der Waals surface area contributed by atoms with Gasteiger partial charge in [0.15, 0.2) is 31.2 Å². The van der Waals surface area contributed by atoms with Gasteiger partial charge < -0.3 is 25.2 Å². The van der Waals surface area contributed by atoms with E-state index in [0.29, 0.717) is 78.7 Å². The van der Waals surface area contributed by atoms with Crippen molar-refractivity contribution in [3.8, 4) is 96.2 Å². The van der Waals surface area contributed by atoms with Gasteiger partial charge in [0.05, 0.1) is 74.4 Å². The number of benzene rings is 6. The fraction of sp³-hybridized carbons (Fsp3) is 0.206. The molecule has 0 saturated heterocycles. The third kappa shape index (κ3) is 17.2. The number of nitriles is 1. The van der Waals surface area contributed by atoms with E-state index in [9.17, 15) is 57.9 Å². The molecule has 0 fully saturated rings. The molecule has 0 bridgehead atoms. The number of sulfone groups is 2. The van der Waals surface area contributed by atoms with Crippen LogP contribution < -0.4 is 15.2 Å². The Labute approximate surface area is 528 Å². The number of aromatic nitrogens is 10. The van der Waals surface area contributed by atoms with E-state index in [0.717, 1.165) is 24.6 Å². The average Bonchev–Trinajstić information content (AvgIpc) is 1.73. The van der Waals surface area contributed by atoms with Crippen molar-refractivity contribution >= 4 is 31.4 Å². The van der Waals surface area contributed by atoms with E-state index in [1.165, 1.54) is 91.8 Å². The van der Waals surface area contributed by atoms with Gasteiger partial charge in [0.25, 0.3) is 0 Å². The van der Waals surface area contributed by atoms with Gasteiger partial charge in [-0.05, 0) is 133 Å². The quantitative estimate of drug-likeness (QED) is 0.0516. The molecule has 3 N–H and O–H groups in total. The normalized spacial score (nSPS) is 11.9. The van der Waals surface area contributed by atoms with Crippen LogP contribution in [0, 0.1) is 17.9 Å². The van der Waals surface area contributed by atoms with Crippen molar-refractivity contribution in [2.45, 2.75) is 67.7 Å². The number of alkyl halides is 6. The van der Waals surface area contributed by atoms with Gasteiger partial charge in [0, 0.05) is 62.7 Å². The molecule has 0 aliphatic rings. The van der Waals surface area contributed by atoms with Crippen molar-refractivity contribution in [2.75, 3.05) is 12.5 Å². The first-order valence-electron chi connectivity index (χ1n) is 27.3. The molecule has 93 heavy (non-hydrogen) atoms. The van der Waals surface area contributed by atoms with E-state index >= 15 is 0 Å². The SMILES string of the molecule is CC(C)(N)C#N.Cn1nc(C(=O)O)cc1-c1ccc(-c2cccc(S(C)(=O)=O)c2)cc1-n1nncc1-c1ccc(OC(F)(F)F)cc1.[C-]#[N+]C(C)(C)CC(=O)c1cc(-c2ccc(-c3cccc(S(C)(=O)=O)c3)cc2-n2nncc2-c2ccc(OC(F)(F)F)cc2)n(C)n1. The van der Waals surface area contributed by atoms with E-state index in [1.807, 2.05) is 6.07 Å². The van der Waals surface area contributed by atoms with Crippen LogP contribution in [0.25, 0.3) is 83.5 Å². The standard InChI is InChI=1S/C32H27F3N6O4S.C27H20F3N5O5S.C4H8N2/c1-31(2,36-3)18-30(42)26-17-27(40(4)38-26)25-14-11-22(21-7-6-8-24(15-21)46(5,43)44)16-28(25)41-29(19-37-39-41)20-9-12-23(13-10-20)45-32(33,34)35;1-34-23(14-22(32-34)26(36)37)21-11-8-18(17-4-3-5-20(12-17)41(2,38)39)13-24(21)35-25(15-31-33-35)16-6-9-19(10-7-16)40-27(28,29)30;1-4(2,6)3-5/h6-17,19H,18H2,1-2,4-5H3;3-15H,1-2H3,(H,36,37);6H2,1-2H3. The highest BCUT2D eigenvalue weighted by atomic mass is 32.2. The zero-order chi connectivity index (χ0) is 68.2. The Hall–Kier alpha value is -10.8. The Morgan fingerprint density at radius 2 is 0.946 bits per heavy atom. The molecule has 0 amide bonds. The van der Waals surface area contributed by atoms with Crippen LogP contribution in [0.15, 0.2) is 168 Å². The van der Waals surface area contributed by atoms with Crippen LogP contribution >= 0.6 is 0 Å². The summed E-state index contributed by atoms with van der Waals surface area (Å²) < 4.78 is 139. The van der Waals surface area contributed by atoms with Crippen LogP contribution in [0.4, 0.5) is 26.3 Å². The predicted molar refractivity (Wildman–Crippen MR) is 329 cm³/mol. The number of nitrogens with zero attached hydrogens (tertiary/aromatic N) is 12. The largest absolute Gasteiger partial charge is 0.573 e. The van der Waals surface area contributed by atoms with Gasteiger partial charge in [0.2, 0.25) is 5.54 Å². The van der Waals surface area contributed by atoms with E-state index < -0.39 is 60.9 Å². The summed E-state index contributed by atoms with van der Waals surface area (Å²) in [5.74, 6) is -2.31. The molecule has 22 nitrogen and oxygen atoms in total. The number of aromatic carboxylic acids is 1. The molecule has 10 rings (SSSR count). The van der Waals surface area contributed by atoms with E-state index in [2.05, 4.69) is 45.1 Å². The van der Waals surface area contributed by atoms with Crippen molar-refractivity contribution in [1.29, 1.82) is 5.26 Å². The zero-order valence-corrected chi connectivity index (χ0v) is 52.1. The number of carbonyl (C=O) groups is 2. The van der Waals surface area contributed by atoms with Crippen molar-refractivity contribution in [3.63, 3.8) is 0 Å². The number of carboxylic acids is 1. The van der Waals surface area contributed by atoms with Crippen molar-refractivity contribution in [3.05, 3.63) is 181 Å². The summed E-state index contributed by atoms with van der Waals surface area (Å²) in [6, 6.07) is 38.6. The molecule has 0 unspecified atom stereocenters. The van der Waals surface area contributed by atoms with Gasteiger partial charge in [-0.3, -0.25) is 14.2 Å². The highest BCUT2D eigenvalue weighted by Crippen LogP contribution is 2.38. The van der Waals surface area contributed by atoms with Gasteiger partial charge >= 0.3 is 18.7 Å². The molecule has 4 heterocycles. The first-order valence-corrected chi connectivity index (χ1v) is 31.1. The minimum Gasteiger partial charge on any atom is -0.476 e. The fourth-order valence-corrected chi connectivity index (χ4v) is 10.4. The topological polar surface area (TPSA) is 292 Å².